The average molecular weight is 553 g/mol. The van der Waals surface area contributed by atoms with Crippen molar-refractivity contribution in [2.45, 2.75) is 43.4 Å². The number of carboxylic acids is 1. The van der Waals surface area contributed by atoms with Crippen LogP contribution in [0.1, 0.15) is 18.4 Å². The third-order valence-corrected chi connectivity index (χ3v) is 6.57. The molecule has 202 valence electrons. The lowest BCUT2D eigenvalue weighted by molar-refractivity contribution is -0.142. The van der Waals surface area contributed by atoms with Gasteiger partial charge in [-0.2, -0.15) is 24.4 Å². The standard InChI is InChI=1S/C23H32N6O6S2/c1-37-7-6-16(27-22(33)17(9-19(25)30)28-20(31)14(24)11-36)21(32)29-18(23(34)35)8-12-10-26-15-5-3-2-4-13(12)15/h2-5,10,14,16-18,26,36H,6-9,11,24H2,1H3,(H2,25,30)(H,27,33)(H,28,31)(H,29,32)(H,34,35). The highest BCUT2D eigenvalue weighted by Crippen LogP contribution is 2.19. The Labute approximate surface area is 223 Å². The van der Waals surface area contributed by atoms with Gasteiger partial charge in [0.05, 0.1) is 12.5 Å². The van der Waals surface area contributed by atoms with Gasteiger partial charge < -0.3 is 37.5 Å². The van der Waals surface area contributed by atoms with Crippen LogP contribution in [-0.4, -0.2) is 81.6 Å². The highest BCUT2D eigenvalue weighted by molar-refractivity contribution is 7.98. The molecule has 1 aromatic heterocycles. The summed E-state index contributed by atoms with van der Waals surface area (Å²) in [6, 6.07) is 2.57. The highest BCUT2D eigenvalue weighted by atomic mass is 32.2. The number of aromatic amines is 1. The van der Waals surface area contributed by atoms with Gasteiger partial charge in [0.2, 0.25) is 23.6 Å². The molecule has 0 bridgehead atoms. The second-order valence-electron chi connectivity index (χ2n) is 8.33. The number of thiol groups is 1. The first-order valence-electron chi connectivity index (χ1n) is 11.4. The lowest BCUT2D eigenvalue weighted by Crippen LogP contribution is -2.58. The average Bonchev–Trinajstić information content (AvgIpc) is 3.27. The molecular formula is C23H32N6O6S2. The zero-order valence-corrected chi connectivity index (χ0v) is 21.9. The Bertz CT molecular complexity index is 1130. The Morgan fingerprint density at radius 1 is 1.03 bits per heavy atom. The van der Waals surface area contributed by atoms with E-state index in [0.29, 0.717) is 11.3 Å². The molecule has 2 rings (SSSR count). The van der Waals surface area contributed by atoms with E-state index in [9.17, 15) is 29.1 Å². The van der Waals surface area contributed by atoms with Crippen LogP contribution in [0.15, 0.2) is 30.5 Å². The number of amides is 4. The summed E-state index contributed by atoms with van der Waals surface area (Å²) in [5, 5.41) is 17.9. The van der Waals surface area contributed by atoms with Gasteiger partial charge in [-0.05, 0) is 30.1 Å². The summed E-state index contributed by atoms with van der Waals surface area (Å²) in [7, 11) is 0. The quantitative estimate of drug-likeness (QED) is 0.130. The number of fused-ring (bicyclic) bond motifs is 1. The van der Waals surface area contributed by atoms with Crippen LogP contribution in [0.2, 0.25) is 0 Å². The fourth-order valence-corrected chi connectivity index (χ4v) is 4.18. The van der Waals surface area contributed by atoms with E-state index in [1.807, 2.05) is 30.5 Å². The first kappa shape index (κ1) is 30.0. The van der Waals surface area contributed by atoms with Gasteiger partial charge in [-0.3, -0.25) is 19.2 Å². The molecule has 2 aromatic rings. The van der Waals surface area contributed by atoms with E-state index in [-0.39, 0.29) is 18.6 Å². The molecule has 0 aliphatic heterocycles. The maximum absolute atomic E-state index is 13.1. The SMILES string of the molecule is CSCCC(NC(=O)C(CC(N)=O)NC(=O)C(N)CS)C(=O)NC(Cc1c[nH]c2ccccc12)C(=O)O. The van der Waals surface area contributed by atoms with Crippen LogP contribution in [-0.2, 0) is 30.4 Å². The summed E-state index contributed by atoms with van der Waals surface area (Å²) in [5.41, 5.74) is 12.4. The van der Waals surface area contributed by atoms with Crippen molar-refractivity contribution in [1.82, 2.24) is 20.9 Å². The van der Waals surface area contributed by atoms with Crippen molar-refractivity contribution >= 4 is 64.9 Å². The first-order valence-corrected chi connectivity index (χ1v) is 13.4. The Kier molecular flexibility index (Phi) is 11.8. The second kappa shape index (κ2) is 14.5. The molecule has 0 saturated carbocycles. The van der Waals surface area contributed by atoms with Crippen LogP contribution < -0.4 is 27.4 Å². The number of carbonyl (C=O) groups excluding carboxylic acids is 4. The number of hydrogen-bond donors (Lipinski definition) is 8. The summed E-state index contributed by atoms with van der Waals surface area (Å²) in [4.78, 5) is 64.7. The maximum atomic E-state index is 13.1. The lowest BCUT2D eigenvalue weighted by atomic mass is 10.0. The number of rotatable bonds is 15. The summed E-state index contributed by atoms with van der Waals surface area (Å²) in [6.07, 6.45) is 3.16. The van der Waals surface area contributed by atoms with Crippen molar-refractivity contribution in [2.24, 2.45) is 11.5 Å². The molecule has 0 saturated heterocycles. The van der Waals surface area contributed by atoms with Crippen molar-refractivity contribution in [2.75, 3.05) is 17.8 Å². The van der Waals surface area contributed by atoms with Gasteiger partial charge in [-0.15, -0.1) is 0 Å². The third kappa shape index (κ3) is 8.98. The molecule has 0 aliphatic rings. The first-order chi connectivity index (χ1) is 17.6. The molecule has 37 heavy (non-hydrogen) atoms. The van der Waals surface area contributed by atoms with E-state index in [0.717, 1.165) is 10.9 Å². The highest BCUT2D eigenvalue weighted by Gasteiger charge is 2.31. The van der Waals surface area contributed by atoms with E-state index in [1.54, 1.807) is 6.20 Å². The molecule has 1 aromatic carbocycles. The van der Waals surface area contributed by atoms with Crippen molar-refractivity contribution in [3.05, 3.63) is 36.0 Å². The number of H-pyrrole nitrogens is 1. The topological polar surface area (TPSA) is 209 Å². The van der Waals surface area contributed by atoms with Gasteiger partial charge in [0.15, 0.2) is 0 Å². The van der Waals surface area contributed by atoms with E-state index in [4.69, 9.17) is 11.5 Å². The van der Waals surface area contributed by atoms with Gasteiger partial charge in [-0.25, -0.2) is 4.79 Å². The van der Waals surface area contributed by atoms with Crippen LogP contribution in [0.25, 0.3) is 10.9 Å². The molecule has 0 radical (unpaired) electrons. The number of aromatic nitrogens is 1. The lowest BCUT2D eigenvalue weighted by Gasteiger charge is -2.24. The molecule has 4 unspecified atom stereocenters. The van der Waals surface area contributed by atoms with Crippen molar-refractivity contribution in [3.8, 4) is 0 Å². The van der Waals surface area contributed by atoms with Crippen molar-refractivity contribution in [1.29, 1.82) is 0 Å². The number of hydrogen-bond acceptors (Lipinski definition) is 8. The molecule has 4 amide bonds. The number of thioether (sulfide) groups is 1. The Morgan fingerprint density at radius 3 is 2.27 bits per heavy atom. The zero-order chi connectivity index (χ0) is 27.5. The van der Waals surface area contributed by atoms with E-state index in [1.165, 1.54) is 11.8 Å². The number of carbonyl (C=O) groups is 5. The predicted octanol–water partition coefficient (Wildman–Crippen LogP) is -0.865. The number of aliphatic carboxylic acids is 1. The minimum absolute atomic E-state index is 0.00248. The monoisotopic (exact) mass is 552 g/mol. The van der Waals surface area contributed by atoms with Gasteiger partial charge in [-0.1, -0.05) is 18.2 Å². The molecule has 12 nitrogen and oxygen atoms in total. The normalized spacial score (nSPS) is 14.2. The summed E-state index contributed by atoms with van der Waals surface area (Å²) >= 11 is 5.36. The van der Waals surface area contributed by atoms with Crippen LogP contribution in [0.5, 0.6) is 0 Å². The summed E-state index contributed by atoms with van der Waals surface area (Å²) in [6.45, 7) is 0. The summed E-state index contributed by atoms with van der Waals surface area (Å²) < 4.78 is 0. The molecule has 0 spiro atoms. The largest absolute Gasteiger partial charge is 0.480 e. The van der Waals surface area contributed by atoms with Crippen molar-refractivity contribution in [3.63, 3.8) is 0 Å². The van der Waals surface area contributed by atoms with E-state index >= 15 is 0 Å². The minimum atomic E-state index is -1.37. The zero-order valence-electron chi connectivity index (χ0n) is 20.2. The number of para-hydroxylation sites is 1. The molecular weight excluding hydrogens is 520 g/mol. The van der Waals surface area contributed by atoms with Crippen LogP contribution in [0.4, 0.5) is 0 Å². The number of carboxylic acid groups (broad SMARTS) is 1. The summed E-state index contributed by atoms with van der Waals surface area (Å²) in [5.74, 6) is -3.89. The Hall–Kier alpha value is -3.23. The molecule has 14 heteroatoms. The second-order valence-corrected chi connectivity index (χ2v) is 9.68. The van der Waals surface area contributed by atoms with Gasteiger partial charge in [0, 0.05) is 29.3 Å². The molecule has 0 aliphatic carbocycles. The van der Waals surface area contributed by atoms with Crippen LogP contribution >= 0.6 is 24.4 Å². The van der Waals surface area contributed by atoms with Crippen LogP contribution in [0.3, 0.4) is 0 Å². The molecule has 0 fully saturated rings. The number of primary amides is 1. The van der Waals surface area contributed by atoms with Gasteiger partial charge in [0.1, 0.15) is 18.1 Å². The van der Waals surface area contributed by atoms with Crippen molar-refractivity contribution < 1.29 is 29.1 Å². The molecule has 9 N–H and O–H groups in total. The Morgan fingerprint density at radius 2 is 1.65 bits per heavy atom. The maximum Gasteiger partial charge on any atom is 0.326 e. The fourth-order valence-electron chi connectivity index (χ4n) is 3.54. The predicted molar refractivity (Wildman–Crippen MR) is 144 cm³/mol. The molecule has 4 atom stereocenters. The van der Waals surface area contributed by atoms with E-state index < -0.39 is 60.2 Å². The van der Waals surface area contributed by atoms with E-state index in [2.05, 4.69) is 33.6 Å². The number of nitrogens with one attached hydrogen (secondary N) is 4. The third-order valence-electron chi connectivity index (χ3n) is 5.53. The fraction of sp³-hybridized carbons (Fsp3) is 0.435. The minimum Gasteiger partial charge on any atom is -0.480 e. The number of benzene rings is 1. The molecule has 1 heterocycles. The van der Waals surface area contributed by atoms with Gasteiger partial charge >= 0.3 is 5.97 Å². The number of nitrogens with two attached hydrogens (primary N) is 2. The van der Waals surface area contributed by atoms with Crippen LogP contribution in [0, 0.1) is 0 Å². The van der Waals surface area contributed by atoms with Gasteiger partial charge in [0.25, 0.3) is 0 Å². The smallest absolute Gasteiger partial charge is 0.326 e. The Balaban J connectivity index is 2.17.